The monoisotopic (exact) mass is 293 g/mol. The molecule has 0 aromatic heterocycles. The van der Waals surface area contributed by atoms with Crippen molar-refractivity contribution in [1.82, 2.24) is 5.01 Å². The van der Waals surface area contributed by atoms with E-state index in [0.717, 1.165) is 12.1 Å². The molecule has 0 saturated heterocycles. The van der Waals surface area contributed by atoms with Crippen molar-refractivity contribution in [1.29, 1.82) is 0 Å². The SMILES string of the molecule is COC(=O)OCON=[N+]([O-])N(C)[C@@H](CC(C)C)C(=O)O. The minimum Gasteiger partial charge on any atom is -0.569 e. The van der Waals surface area contributed by atoms with Crippen LogP contribution in [0.4, 0.5) is 4.79 Å². The first-order valence-electron chi connectivity index (χ1n) is 5.76. The first-order chi connectivity index (χ1) is 9.29. The molecular formula is C10H19N3O7. The van der Waals surface area contributed by atoms with Crippen molar-refractivity contribution in [3.05, 3.63) is 5.21 Å². The van der Waals surface area contributed by atoms with E-state index in [9.17, 15) is 14.8 Å². The van der Waals surface area contributed by atoms with Crippen LogP contribution in [0.2, 0.25) is 0 Å². The highest BCUT2D eigenvalue weighted by Gasteiger charge is 2.29. The van der Waals surface area contributed by atoms with Gasteiger partial charge in [0, 0.05) is 0 Å². The van der Waals surface area contributed by atoms with Gasteiger partial charge < -0.3 is 24.6 Å². The molecule has 0 aliphatic heterocycles. The maximum Gasteiger partial charge on any atom is 0.510 e. The molecule has 1 atom stereocenters. The lowest BCUT2D eigenvalue weighted by Crippen LogP contribution is -2.43. The molecule has 0 heterocycles. The van der Waals surface area contributed by atoms with E-state index in [2.05, 4.69) is 19.6 Å². The molecular weight excluding hydrogens is 274 g/mol. The van der Waals surface area contributed by atoms with Crippen LogP contribution in [-0.4, -0.2) is 54.2 Å². The number of carboxylic acids is 1. The quantitative estimate of drug-likeness (QED) is 0.175. The summed E-state index contributed by atoms with van der Waals surface area (Å²) in [6.07, 6.45) is -0.729. The van der Waals surface area contributed by atoms with Gasteiger partial charge in [0.1, 0.15) is 0 Å². The van der Waals surface area contributed by atoms with Crippen molar-refractivity contribution in [2.45, 2.75) is 26.3 Å². The maximum absolute atomic E-state index is 11.5. The second kappa shape index (κ2) is 8.77. The van der Waals surface area contributed by atoms with Gasteiger partial charge >= 0.3 is 12.1 Å². The van der Waals surface area contributed by atoms with E-state index in [4.69, 9.17) is 5.11 Å². The third-order valence-electron chi connectivity index (χ3n) is 2.22. The Labute approximate surface area is 116 Å². The van der Waals surface area contributed by atoms with Gasteiger partial charge in [-0.25, -0.2) is 9.59 Å². The highest BCUT2D eigenvalue weighted by atomic mass is 16.8. The van der Waals surface area contributed by atoms with Gasteiger partial charge in [0.25, 0.3) is 6.79 Å². The largest absolute Gasteiger partial charge is 0.569 e. The fourth-order valence-corrected chi connectivity index (χ4v) is 1.24. The van der Waals surface area contributed by atoms with Crippen molar-refractivity contribution >= 4 is 12.1 Å². The summed E-state index contributed by atoms with van der Waals surface area (Å²) in [4.78, 5) is 26.0. The molecule has 0 aromatic carbocycles. The zero-order valence-corrected chi connectivity index (χ0v) is 11.8. The van der Waals surface area contributed by atoms with Gasteiger partial charge in [-0.05, 0) is 12.3 Å². The molecule has 0 spiro atoms. The first-order valence-corrected chi connectivity index (χ1v) is 5.76. The molecule has 0 aromatic rings. The molecule has 0 rings (SSSR count). The Balaban J connectivity index is 4.44. The molecule has 0 radical (unpaired) electrons. The number of aliphatic carboxylic acids is 1. The molecule has 0 saturated carbocycles. The number of nitrogens with zero attached hydrogens (tertiary/aromatic N) is 3. The summed E-state index contributed by atoms with van der Waals surface area (Å²) < 4.78 is 8.47. The number of ether oxygens (including phenoxy) is 2. The number of carbonyl (C=O) groups excluding carboxylic acids is 1. The van der Waals surface area contributed by atoms with E-state index in [1.54, 1.807) is 0 Å². The molecule has 0 bridgehead atoms. The van der Waals surface area contributed by atoms with Gasteiger partial charge in [-0.3, -0.25) is 0 Å². The van der Waals surface area contributed by atoms with Gasteiger partial charge in [-0.1, -0.05) is 13.8 Å². The molecule has 20 heavy (non-hydrogen) atoms. The summed E-state index contributed by atoms with van der Waals surface area (Å²) >= 11 is 0. The zero-order chi connectivity index (χ0) is 15.7. The number of rotatable bonds is 8. The Morgan fingerprint density at radius 2 is 2.05 bits per heavy atom. The van der Waals surface area contributed by atoms with Gasteiger partial charge in [-0.2, -0.15) is 0 Å². The second-order valence-corrected chi connectivity index (χ2v) is 4.24. The molecule has 10 heteroatoms. The third-order valence-corrected chi connectivity index (χ3v) is 2.22. The summed E-state index contributed by atoms with van der Waals surface area (Å²) in [5, 5.41) is 24.5. The number of hydrazine groups is 1. The lowest BCUT2D eigenvalue weighted by atomic mass is 10.0. The molecule has 0 amide bonds. The average molecular weight is 293 g/mol. The molecule has 0 aliphatic carbocycles. The second-order valence-electron chi connectivity index (χ2n) is 4.24. The van der Waals surface area contributed by atoms with Crippen LogP contribution >= 0.6 is 0 Å². The standard InChI is InChI=1S/C10H19N3O7/c1-7(2)5-8(9(14)15)12(3)13(17)11-20-6-19-10(16)18-4/h7-8H,5-6H2,1-4H3,(H,14,15)/t8-/m0/s1. The van der Waals surface area contributed by atoms with Crippen molar-refractivity contribution in [3.63, 3.8) is 0 Å². The van der Waals surface area contributed by atoms with Crippen molar-refractivity contribution in [2.24, 2.45) is 11.2 Å². The van der Waals surface area contributed by atoms with Gasteiger partial charge in [0.2, 0.25) is 5.28 Å². The van der Waals surface area contributed by atoms with Crippen LogP contribution in [0.15, 0.2) is 5.28 Å². The van der Waals surface area contributed by atoms with Crippen molar-refractivity contribution in [3.8, 4) is 0 Å². The molecule has 1 N–H and O–H groups in total. The van der Waals surface area contributed by atoms with Gasteiger partial charge in [0.15, 0.2) is 6.04 Å². The molecule has 0 fully saturated rings. The van der Waals surface area contributed by atoms with Crippen LogP contribution < -0.4 is 0 Å². The van der Waals surface area contributed by atoms with E-state index >= 15 is 0 Å². The van der Waals surface area contributed by atoms with E-state index in [1.807, 2.05) is 13.8 Å². The lowest BCUT2D eigenvalue weighted by Gasteiger charge is -2.21. The summed E-state index contributed by atoms with van der Waals surface area (Å²) in [5.41, 5.74) is 0. The Morgan fingerprint density at radius 3 is 2.50 bits per heavy atom. The Kier molecular flexibility index (Phi) is 7.78. The van der Waals surface area contributed by atoms with Crippen LogP contribution in [0.3, 0.4) is 0 Å². The summed E-state index contributed by atoms with van der Waals surface area (Å²) in [6, 6.07) is -1.04. The van der Waals surface area contributed by atoms with E-state index in [0.29, 0.717) is 0 Å². The first kappa shape index (κ1) is 17.7. The fourth-order valence-electron chi connectivity index (χ4n) is 1.24. The average Bonchev–Trinajstić information content (AvgIpc) is 2.38. The molecule has 0 unspecified atom stereocenters. The topological polar surface area (TPSA) is 124 Å². The van der Waals surface area contributed by atoms with Crippen LogP contribution in [0, 0.1) is 11.1 Å². The van der Waals surface area contributed by atoms with Gasteiger partial charge in [0.05, 0.1) is 19.1 Å². The lowest BCUT2D eigenvalue weighted by molar-refractivity contribution is -0.711. The highest BCUT2D eigenvalue weighted by molar-refractivity contribution is 5.73. The minimum atomic E-state index is -1.15. The van der Waals surface area contributed by atoms with Crippen molar-refractivity contribution < 1.29 is 34.0 Å². The number of methoxy groups -OCH3 is 1. The van der Waals surface area contributed by atoms with Crippen LogP contribution in [0.25, 0.3) is 0 Å². The number of carboxylic acid groups (broad SMARTS) is 1. The number of carbonyl (C=O) groups is 2. The highest BCUT2D eigenvalue weighted by Crippen LogP contribution is 2.11. The van der Waals surface area contributed by atoms with E-state index in [1.165, 1.54) is 7.05 Å². The smallest absolute Gasteiger partial charge is 0.510 e. The van der Waals surface area contributed by atoms with Gasteiger partial charge in [-0.15, -0.1) is 5.01 Å². The third kappa shape index (κ3) is 6.61. The van der Waals surface area contributed by atoms with Crippen LogP contribution in [0.1, 0.15) is 20.3 Å². The van der Waals surface area contributed by atoms with E-state index < -0.39 is 25.0 Å². The minimum absolute atomic E-state index is 0.0260. The number of hydrogen-bond donors (Lipinski definition) is 1. The Morgan fingerprint density at radius 1 is 1.45 bits per heavy atom. The normalized spacial score (nSPS) is 12.8. The predicted octanol–water partition coefficient (Wildman–Crippen LogP) is 0.967. The van der Waals surface area contributed by atoms with E-state index in [-0.39, 0.29) is 17.3 Å². The zero-order valence-electron chi connectivity index (χ0n) is 11.8. The maximum atomic E-state index is 11.5. The van der Waals surface area contributed by atoms with Crippen LogP contribution in [0.5, 0.6) is 0 Å². The summed E-state index contributed by atoms with van der Waals surface area (Å²) in [5.74, 6) is -1.07. The molecule has 10 nitrogen and oxygen atoms in total. The number of likely N-dealkylation sites (N-methyl/N-ethyl adjacent to an activating group) is 1. The summed E-state index contributed by atoms with van der Waals surface area (Å²) in [6.45, 7) is 3.04. The number of hydrogen-bond acceptors (Lipinski definition) is 7. The van der Waals surface area contributed by atoms with Crippen LogP contribution in [-0.2, 0) is 19.1 Å². The van der Waals surface area contributed by atoms with Crippen molar-refractivity contribution in [2.75, 3.05) is 21.0 Å². The summed E-state index contributed by atoms with van der Waals surface area (Å²) in [7, 11) is 2.37. The molecule has 116 valence electrons. The molecule has 0 aliphatic rings. The fraction of sp³-hybridized carbons (Fsp3) is 0.800. The Bertz CT molecular complexity index is 359. The predicted molar refractivity (Wildman–Crippen MR) is 64.1 cm³/mol. The Hall–Kier alpha value is -2.26.